The fourth-order valence-electron chi connectivity index (χ4n) is 7.82. The third-order valence-corrected chi connectivity index (χ3v) is 10.2. The maximum atomic E-state index is 6.79. The number of hydrogen-bond acceptors (Lipinski definition) is 4. The van der Waals surface area contributed by atoms with E-state index < -0.39 is 0 Å². The Morgan fingerprint density at radius 3 is 1.77 bits per heavy atom. The van der Waals surface area contributed by atoms with Crippen molar-refractivity contribution < 1.29 is 4.42 Å². The van der Waals surface area contributed by atoms with Crippen LogP contribution in [0, 0.1) is 0 Å². The van der Waals surface area contributed by atoms with Crippen molar-refractivity contribution in [2.24, 2.45) is 0 Å². The van der Waals surface area contributed by atoms with Gasteiger partial charge in [0.2, 0.25) is 5.95 Å². The summed E-state index contributed by atoms with van der Waals surface area (Å²) >= 11 is 0. The summed E-state index contributed by atoms with van der Waals surface area (Å²) in [7, 11) is 0. The molecule has 0 unspecified atom stereocenters. The second kappa shape index (κ2) is 11.2. The lowest BCUT2D eigenvalue weighted by Gasteiger charge is -2.12. The van der Waals surface area contributed by atoms with Crippen molar-refractivity contribution in [1.29, 1.82) is 0 Å². The summed E-state index contributed by atoms with van der Waals surface area (Å²) in [5, 5.41) is 9.16. The molecule has 11 aromatic rings. The SMILES string of the molecule is c1ccc(-c2nc(-c3ccc(-c4ccc5ccccc5c4)cc3)nc(-n3c4ccccc4c4c5ccccc5c5c6ccccc6oc5c43)n2)cc1. The van der Waals surface area contributed by atoms with Gasteiger partial charge in [0.05, 0.1) is 5.52 Å². The Kier molecular flexibility index (Phi) is 6.18. The first-order valence-corrected chi connectivity index (χ1v) is 17.5. The number of furan rings is 1. The number of para-hydroxylation sites is 2. The molecule has 5 nitrogen and oxygen atoms in total. The highest BCUT2D eigenvalue weighted by Crippen LogP contribution is 2.45. The van der Waals surface area contributed by atoms with E-state index in [9.17, 15) is 0 Å². The Balaban J connectivity index is 1.19. The zero-order valence-electron chi connectivity index (χ0n) is 27.9. The molecule has 0 atom stereocenters. The number of aromatic nitrogens is 4. The van der Waals surface area contributed by atoms with E-state index in [1.54, 1.807) is 0 Å². The Labute approximate surface area is 298 Å². The van der Waals surface area contributed by atoms with Crippen molar-refractivity contribution in [3.8, 4) is 39.9 Å². The molecule has 11 rings (SSSR count). The van der Waals surface area contributed by atoms with Gasteiger partial charge in [-0.15, -0.1) is 0 Å². The van der Waals surface area contributed by atoms with Crippen molar-refractivity contribution in [3.63, 3.8) is 0 Å². The summed E-state index contributed by atoms with van der Waals surface area (Å²) in [6, 6.07) is 59.1. The number of rotatable bonds is 4. The lowest BCUT2D eigenvalue weighted by Crippen LogP contribution is -2.06. The zero-order valence-corrected chi connectivity index (χ0v) is 27.9. The second-order valence-corrected chi connectivity index (χ2v) is 13.2. The molecule has 8 aromatic carbocycles. The van der Waals surface area contributed by atoms with E-state index in [1.807, 2.05) is 42.5 Å². The summed E-state index contributed by atoms with van der Waals surface area (Å²) < 4.78 is 8.95. The van der Waals surface area contributed by atoms with E-state index >= 15 is 0 Å². The van der Waals surface area contributed by atoms with Crippen LogP contribution in [0.15, 0.2) is 174 Å². The van der Waals surface area contributed by atoms with Gasteiger partial charge < -0.3 is 4.42 Å². The van der Waals surface area contributed by atoms with Crippen molar-refractivity contribution in [1.82, 2.24) is 19.5 Å². The third kappa shape index (κ3) is 4.33. The van der Waals surface area contributed by atoms with E-state index in [0.717, 1.165) is 71.2 Å². The second-order valence-electron chi connectivity index (χ2n) is 13.2. The van der Waals surface area contributed by atoms with E-state index in [0.29, 0.717) is 17.6 Å². The summed E-state index contributed by atoms with van der Waals surface area (Å²) in [5.41, 5.74) is 7.72. The van der Waals surface area contributed by atoms with Crippen LogP contribution >= 0.6 is 0 Å². The molecule has 0 aliphatic carbocycles. The van der Waals surface area contributed by atoms with Crippen molar-refractivity contribution >= 4 is 65.3 Å². The molecule has 0 fully saturated rings. The van der Waals surface area contributed by atoms with Gasteiger partial charge >= 0.3 is 0 Å². The van der Waals surface area contributed by atoms with Crippen LogP contribution < -0.4 is 0 Å². The van der Waals surface area contributed by atoms with Crippen molar-refractivity contribution in [2.75, 3.05) is 0 Å². The van der Waals surface area contributed by atoms with Gasteiger partial charge in [0, 0.05) is 32.7 Å². The van der Waals surface area contributed by atoms with Gasteiger partial charge in [-0.1, -0.05) is 152 Å². The first-order valence-electron chi connectivity index (χ1n) is 17.5. The normalized spacial score (nSPS) is 11.8. The minimum atomic E-state index is 0.533. The van der Waals surface area contributed by atoms with Gasteiger partial charge in [0.1, 0.15) is 11.1 Å². The first kappa shape index (κ1) is 28.7. The molecule has 0 N–H and O–H groups in total. The summed E-state index contributed by atoms with van der Waals surface area (Å²) in [5.74, 6) is 1.74. The Hall–Kier alpha value is -7.11. The molecule has 0 aliphatic heterocycles. The predicted molar refractivity (Wildman–Crippen MR) is 213 cm³/mol. The number of benzene rings is 8. The van der Waals surface area contributed by atoms with Gasteiger partial charge in [-0.25, -0.2) is 4.98 Å². The minimum Gasteiger partial charge on any atom is -0.454 e. The first-order chi connectivity index (χ1) is 25.8. The van der Waals surface area contributed by atoms with E-state index in [1.165, 1.54) is 16.3 Å². The lowest BCUT2D eigenvalue weighted by molar-refractivity contribution is 0.671. The summed E-state index contributed by atoms with van der Waals surface area (Å²) in [6.07, 6.45) is 0. The van der Waals surface area contributed by atoms with Crippen molar-refractivity contribution in [3.05, 3.63) is 170 Å². The monoisotopic (exact) mass is 664 g/mol. The Morgan fingerprint density at radius 2 is 0.981 bits per heavy atom. The fraction of sp³-hybridized carbons (Fsp3) is 0. The van der Waals surface area contributed by atoms with Crippen molar-refractivity contribution in [2.45, 2.75) is 0 Å². The number of nitrogens with zero attached hydrogens (tertiary/aromatic N) is 4. The van der Waals surface area contributed by atoms with Crippen LogP contribution in [0.3, 0.4) is 0 Å². The Morgan fingerprint density at radius 1 is 0.404 bits per heavy atom. The smallest absolute Gasteiger partial charge is 0.238 e. The average molecular weight is 665 g/mol. The molecule has 0 aliphatic rings. The molecule has 3 aromatic heterocycles. The van der Waals surface area contributed by atoms with Crippen LogP contribution in [0.1, 0.15) is 0 Å². The van der Waals surface area contributed by atoms with Gasteiger partial charge in [-0.3, -0.25) is 4.57 Å². The molecule has 3 heterocycles. The third-order valence-electron chi connectivity index (χ3n) is 10.2. The van der Waals surface area contributed by atoms with Crippen LogP contribution in [0.5, 0.6) is 0 Å². The molecule has 0 bridgehead atoms. The molecule has 0 saturated carbocycles. The maximum Gasteiger partial charge on any atom is 0.238 e. The summed E-state index contributed by atoms with van der Waals surface area (Å²) in [4.78, 5) is 15.5. The number of fused-ring (bicyclic) bond motifs is 11. The maximum absolute atomic E-state index is 6.79. The van der Waals surface area contributed by atoms with E-state index in [4.69, 9.17) is 19.4 Å². The largest absolute Gasteiger partial charge is 0.454 e. The number of hydrogen-bond donors (Lipinski definition) is 0. The molecule has 0 amide bonds. The molecule has 0 radical (unpaired) electrons. The highest BCUT2D eigenvalue weighted by Gasteiger charge is 2.24. The predicted octanol–water partition coefficient (Wildman–Crippen LogP) is 12.2. The van der Waals surface area contributed by atoms with Gasteiger partial charge in [0.25, 0.3) is 0 Å². The standard InChI is InChI=1S/C47H28N4O/c1-2-13-31(14-3-1)45-48-46(32-25-22-30(23-26-32)34-27-24-29-12-4-5-15-33(29)28-34)50-47(49-45)51-39-20-10-8-18-37(39)41-35-16-6-7-17-36(35)42-38-19-9-11-21-40(38)52-44(42)43(41)51/h1-28H. The topological polar surface area (TPSA) is 56.7 Å². The minimum absolute atomic E-state index is 0.533. The van der Waals surface area contributed by atoms with Crippen LogP contribution in [-0.4, -0.2) is 19.5 Å². The van der Waals surface area contributed by atoms with Crippen LogP contribution in [0.4, 0.5) is 0 Å². The molecule has 242 valence electrons. The summed E-state index contributed by atoms with van der Waals surface area (Å²) in [6.45, 7) is 0. The van der Waals surface area contributed by atoms with Gasteiger partial charge in [-0.05, 0) is 50.9 Å². The van der Waals surface area contributed by atoms with Gasteiger partial charge in [-0.2, -0.15) is 9.97 Å². The van der Waals surface area contributed by atoms with Crippen LogP contribution in [0.2, 0.25) is 0 Å². The van der Waals surface area contributed by atoms with Crippen LogP contribution in [-0.2, 0) is 0 Å². The molecular formula is C47H28N4O. The van der Waals surface area contributed by atoms with Crippen LogP contribution in [0.25, 0.3) is 105 Å². The van der Waals surface area contributed by atoms with E-state index in [2.05, 4.69) is 132 Å². The molecule has 52 heavy (non-hydrogen) atoms. The molecule has 0 saturated heterocycles. The van der Waals surface area contributed by atoms with Gasteiger partial charge in [0.15, 0.2) is 17.2 Å². The average Bonchev–Trinajstić information content (AvgIpc) is 3.78. The molecule has 5 heteroatoms. The fourth-order valence-corrected chi connectivity index (χ4v) is 7.82. The molecular weight excluding hydrogens is 637 g/mol. The lowest BCUT2D eigenvalue weighted by atomic mass is 9.99. The highest BCUT2D eigenvalue weighted by atomic mass is 16.3. The quantitative estimate of drug-likeness (QED) is 0.188. The zero-order chi connectivity index (χ0) is 34.2. The molecule has 0 spiro atoms. The van der Waals surface area contributed by atoms with E-state index in [-0.39, 0.29) is 0 Å². The highest BCUT2D eigenvalue weighted by molar-refractivity contribution is 6.34. The Bertz CT molecular complexity index is 3180.